The number of nitrogens with one attached hydrogen (secondary N) is 2. The summed E-state index contributed by atoms with van der Waals surface area (Å²) in [6.07, 6.45) is 3.07. The predicted molar refractivity (Wildman–Crippen MR) is 102 cm³/mol. The van der Waals surface area contributed by atoms with Gasteiger partial charge in [0.15, 0.2) is 0 Å². The van der Waals surface area contributed by atoms with Crippen LogP contribution in [0, 0.1) is 0 Å². The maximum atomic E-state index is 11.6. The van der Waals surface area contributed by atoms with E-state index < -0.39 is 6.03 Å². The van der Waals surface area contributed by atoms with E-state index in [0.717, 1.165) is 22.6 Å². The lowest BCUT2D eigenvalue weighted by molar-refractivity contribution is 0.242. The molecule has 0 heterocycles. The summed E-state index contributed by atoms with van der Waals surface area (Å²) in [6.45, 7) is 5.09. The molecular weight excluding hydrogens is 332 g/mol. The number of ether oxygens (including phenoxy) is 2. The Labute approximate surface area is 152 Å². The molecule has 2 rings (SSSR count). The van der Waals surface area contributed by atoms with Crippen LogP contribution in [0.2, 0.25) is 0 Å². The molecule has 136 valence electrons. The molecular formula is C19H22N4O3. The number of carbonyl (C=O) groups excluding carboxylic acids is 1. The number of hydrogen-bond donors (Lipinski definition) is 2. The number of benzene rings is 2. The molecule has 0 bridgehead atoms. The molecule has 0 fully saturated rings. The van der Waals surface area contributed by atoms with Gasteiger partial charge in [-0.1, -0.05) is 0 Å². The zero-order chi connectivity index (χ0) is 18.6. The standard InChI is InChI=1S/C19H22N4O3/c1-3-25-17-9-5-15(6-10-17)13-20-22-19(24)23-21-14-16-7-11-18(12-8-16)26-4-2/h5-14H,3-4H2,1-2H3,(H2,22,23,24)/b20-13-,21-14?. The number of urea groups is 1. The van der Waals surface area contributed by atoms with Gasteiger partial charge < -0.3 is 9.47 Å². The molecule has 7 heteroatoms. The van der Waals surface area contributed by atoms with E-state index in [1.54, 1.807) is 0 Å². The van der Waals surface area contributed by atoms with Crippen molar-refractivity contribution in [1.82, 2.24) is 10.9 Å². The highest BCUT2D eigenvalue weighted by Gasteiger charge is 1.96. The Balaban J connectivity index is 1.75. The van der Waals surface area contributed by atoms with Gasteiger partial charge in [-0.3, -0.25) is 0 Å². The van der Waals surface area contributed by atoms with E-state index in [9.17, 15) is 4.79 Å². The van der Waals surface area contributed by atoms with Crippen LogP contribution in [0.1, 0.15) is 25.0 Å². The number of carbonyl (C=O) groups is 1. The predicted octanol–water partition coefficient (Wildman–Crippen LogP) is 3.15. The summed E-state index contributed by atoms with van der Waals surface area (Å²) in [6, 6.07) is 14.2. The van der Waals surface area contributed by atoms with E-state index in [2.05, 4.69) is 21.1 Å². The van der Waals surface area contributed by atoms with Crippen molar-refractivity contribution in [3.05, 3.63) is 59.7 Å². The molecule has 7 nitrogen and oxygen atoms in total. The summed E-state index contributed by atoms with van der Waals surface area (Å²) in [4.78, 5) is 11.6. The van der Waals surface area contributed by atoms with Crippen LogP contribution in [0.25, 0.3) is 0 Å². The molecule has 0 saturated heterocycles. The van der Waals surface area contributed by atoms with Crippen molar-refractivity contribution in [2.45, 2.75) is 13.8 Å². The molecule has 2 amide bonds. The molecule has 2 aromatic carbocycles. The average molecular weight is 354 g/mol. The smallest absolute Gasteiger partial charge is 0.355 e. The molecule has 0 unspecified atom stereocenters. The van der Waals surface area contributed by atoms with Crippen molar-refractivity contribution in [2.24, 2.45) is 10.2 Å². The molecule has 0 radical (unpaired) electrons. The van der Waals surface area contributed by atoms with Gasteiger partial charge in [0.25, 0.3) is 0 Å². The third-order valence-electron chi connectivity index (χ3n) is 3.14. The minimum Gasteiger partial charge on any atom is -0.494 e. The monoisotopic (exact) mass is 354 g/mol. The highest BCUT2D eigenvalue weighted by Crippen LogP contribution is 2.11. The first-order valence-electron chi connectivity index (χ1n) is 8.29. The summed E-state index contributed by atoms with van der Waals surface area (Å²) in [7, 11) is 0. The van der Waals surface area contributed by atoms with Crippen LogP contribution in [-0.4, -0.2) is 31.7 Å². The molecule has 0 aliphatic rings. The lowest BCUT2D eigenvalue weighted by Crippen LogP contribution is -2.28. The first kappa shape index (κ1) is 19.0. The van der Waals surface area contributed by atoms with Crippen LogP contribution in [0.4, 0.5) is 4.79 Å². The van der Waals surface area contributed by atoms with Crippen LogP contribution in [0.5, 0.6) is 11.5 Å². The summed E-state index contributed by atoms with van der Waals surface area (Å²) >= 11 is 0. The second kappa shape index (κ2) is 10.5. The highest BCUT2D eigenvalue weighted by molar-refractivity contribution is 5.83. The Morgan fingerprint density at radius 3 is 1.54 bits per heavy atom. The van der Waals surface area contributed by atoms with Crippen molar-refractivity contribution in [1.29, 1.82) is 0 Å². The summed E-state index contributed by atoms with van der Waals surface area (Å²) < 4.78 is 10.7. The fourth-order valence-corrected chi connectivity index (χ4v) is 1.99. The normalized spacial score (nSPS) is 10.8. The third kappa shape index (κ3) is 6.64. The number of rotatable bonds is 8. The highest BCUT2D eigenvalue weighted by atomic mass is 16.5. The molecule has 26 heavy (non-hydrogen) atoms. The van der Waals surface area contributed by atoms with Crippen LogP contribution in [0.3, 0.4) is 0 Å². The molecule has 0 saturated carbocycles. The lowest BCUT2D eigenvalue weighted by Gasteiger charge is -2.02. The third-order valence-corrected chi connectivity index (χ3v) is 3.14. The van der Waals surface area contributed by atoms with E-state index >= 15 is 0 Å². The SMILES string of the molecule is CCOc1ccc(C=NNC(=O)N/N=C\c2ccc(OCC)cc2)cc1. The van der Waals surface area contributed by atoms with Gasteiger partial charge in [0, 0.05) is 0 Å². The van der Waals surface area contributed by atoms with Gasteiger partial charge >= 0.3 is 6.03 Å². The van der Waals surface area contributed by atoms with Gasteiger partial charge in [-0.15, -0.1) is 0 Å². The Bertz CT molecular complexity index is 677. The lowest BCUT2D eigenvalue weighted by atomic mass is 10.2. The summed E-state index contributed by atoms with van der Waals surface area (Å²) in [5.74, 6) is 1.58. The van der Waals surface area contributed by atoms with Gasteiger partial charge in [0.1, 0.15) is 11.5 Å². The van der Waals surface area contributed by atoms with E-state index in [-0.39, 0.29) is 0 Å². The molecule has 2 aromatic rings. The summed E-state index contributed by atoms with van der Waals surface area (Å²) in [5.41, 5.74) is 6.35. The number of nitrogens with zero attached hydrogens (tertiary/aromatic N) is 2. The van der Waals surface area contributed by atoms with E-state index in [0.29, 0.717) is 13.2 Å². The minimum absolute atomic E-state index is 0.533. The van der Waals surface area contributed by atoms with Crippen LogP contribution in [-0.2, 0) is 0 Å². The molecule has 0 aliphatic heterocycles. The van der Waals surface area contributed by atoms with Crippen LogP contribution >= 0.6 is 0 Å². The average Bonchev–Trinajstić information content (AvgIpc) is 2.65. The molecule has 0 atom stereocenters. The molecule has 0 aromatic heterocycles. The van der Waals surface area contributed by atoms with E-state index in [4.69, 9.17) is 9.47 Å². The maximum Gasteiger partial charge on any atom is 0.355 e. The zero-order valence-electron chi connectivity index (χ0n) is 14.8. The molecule has 2 N–H and O–H groups in total. The number of hydrazone groups is 2. The minimum atomic E-state index is -0.533. The van der Waals surface area contributed by atoms with Gasteiger partial charge in [0.05, 0.1) is 25.6 Å². The first-order chi connectivity index (χ1) is 12.7. The van der Waals surface area contributed by atoms with E-state index in [1.807, 2.05) is 62.4 Å². The fraction of sp³-hybridized carbons (Fsp3) is 0.211. The Hall–Kier alpha value is -3.35. The second-order valence-corrected chi connectivity index (χ2v) is 5.07. The van der Waals surface area contributed by atoms with Gasteiger partial charge in [-0.25, -0.2) is 15.6 Å². The number of amides is 2. The molecule has 0 spiro atoms. The first-order valence-corrected chi connectivity index (χ1v) is 8.29. The topological polar surface area (TPSA) is 84.3 Å². The van der Waals surface area contributed by atoms with Gasteiger partial charge in [0.2, 0.25) is 0 Å². The molecule has 0 aliphatic carbocycles. The van der Waals surface area contributed by atoms with Crippen LogP contribution in [0.15, 0.2) is 58.7 Å². The quantitative estimate of drug-likeness (QED) is 0.564. The van der Waals surface area contributed by atoms with Gasteiger partial charge in [-0.2, -0.15) is 10.2 Å². The van der Waals surface area contributed by atoms with Crippen molar-refractivity contribution in [3.8, 4) is 11.5 Å². The van der Waals surface area contributed by atoms with Gasteiger partial charge in [-0.05, 0) is 73.5 Å². The van der Waals surface area contributed by atoms with Crippen LogP contribution < -0.4 is 20.3 Å². The maximum absolute atomic E-state index is 11.6. The van der Waals surface area contributed by atoms with E-state index in [1.165, 1.54) is 12.4 Å². The largest absolute Gasteiger partial charge is 0.494 e. The van der Waals surface area contributed by atoms with Crippen molar-refractivity contribution in [3.63, 3.8) is 0 Å². The van der Waals surface area contributed by atoms with Crippen molar-refractivity contribution >= 4 is 18.5 Å². The summed E-state index contributed by atoms with van der Waals surface area (Å²) in [5, 5.41) is 7.71. The van der Waals surface area contributed by atoms with Crippen molar-refractivity contribution in [2.75, 3.05) is 13.2 Å². The Morgan fingerprint density at radius 1 is 0.808 bits per heavy atom. The fourth-order valence-electron chi connectivity index (χ4n) is 1.99. The van der Waals surface area contributed by atoms with Crippen molar-refractivity contribution < 1.29 is 14.3 Å². The Kier molecular flexibility index (Phi) is 7.67. The Morgan fingerprint density at radius 2 is 1.19 bits per heavy atom. The zero-order valence-corrected chi connectivity index (χ0v) is 14.8. The number of hydrogen-bond acceptors (Lipinski definition) is 5. The second-order valence-electron chi connectivity index (χ2n) is 5.07.